The maximum atomic E-state index is 12.0. The predicted octanol–water partition coefficient (Wildman–Crippen LogP) is 2.90. The lowest BCUT2D eigenvalue weighted by Crippen LogP contribution is -2.38. The molecule has 2 heterocycles. The van der Waals surface area contributed by atoms with Gasteiger partial charge in [-0.15, -0.1) is 0 Å². The van der Waals surface area contributed by atoms with Gasteiger partial charge in [-0.05, 0) is 24.6 Å². The Bertz CT molecular complexity index is 643. The van der Waals surface area contributed by atoms with Crippen LogP contribution in [0.4, 0.5) is 16.3 Å². The highest BCUT2D eigenvalue weighted by Gasteiger charge is 2.26. The van der Waals surface area contributed by atoms with E-state index in [0.717, 1.165) is 27.5 Å². The van der Waals surface area contributed by atoms with Crippen LogP contribution in [0.3, 0.4) is 0 Å². The zero-order chi connectivity index (χ0) is 12.7. The molecule has 0 saturated carbocycles. The molecule has 2 amide bonds. The fourth-order valence-corrected chi connectivity index (χ4v) is 2.51. The van der Waals surface area contributed by atoms with Crippen LogP contribution in [0.15, 0.2) is 18.5 Å². The molecule has 0 fully saturated rings. The topological polar surface area (TPSA) is 58.1 Å². The van der Waals surface area contributed by atoms with Crippen molar-refractivity contribution in [2.45, 2.75) is 12.3 Å². The molecule has 1 aromatic heterocycles. The van der Waals surface area contributed by atoms with Gasteiger partial charge in [-0.2, -0.15) is 0 Å². The van der Waals surface area contributed by atoms with E-state index in [9.17, 15) is 4.79 Å². The van der Waals surface area contributed by atoms with Crippen LogP contribution in [0.5, 0.6) is 0 Å². The molecule has 1 N–H and O–H groups in total. The molecule has 3 rings (SSSR count). The maximum absolute atomic E-state index is 12.0. The summed E-state index contributed by atoms with van der Waals surface area (Å²) < 4.78 is 0. The van der Waals surface area contributed by atoms with Gasteiger partial charge < -0.3 is 5.32 Å². The van der Waals surface area contributed by atoms with Gasteiger partial charge in [0.2, 0.25) is 0 Å². The van der Waals surface area contributed by atoms with Crippen molar-refractivity contribution >= 4 is 44.4 Å². The largest absolute Gasteiger partial charge is 0.327 e. The van der Waals surface area contributed by atoms with Gasteiger partial charge >= 0.3 is 6.03 Å². The van der Waals surface area contributed by atoms with Crippen molar-refractivity contribution in [2.75, 3.05) is 16.8 Å². The normalized spacial score (nSPS) is 13.9. The van der Waals surface area contributed by atoms with Crippen LogP contribution in [0.25, 0.3) is 10.9 Å². The van der Waals surface area contributed by atoms with Crippen molar-refractivity contribution in [3.8, 4) is 0 Å². The molecule has 1 aliphatic rings. The molecule has 5 nitrogen and oxygen atoms in total. The molecule has 0 radical (unpaired) electrons. The Labute approximate surface area is 112 Å². The number of rotatable bonds is 2. The smallest absolute Gasteiger partial charge is 0.307 e. The predicted molar refractivity (Wildman–Crippen MR) is 74.2 cm³/mol. The van der Waals surface area contributed by atoms with E-state index in [1.165, 1.54) is 6.33 Å². The number of anilines is 2. The first kappa shape index (κ1) is 11.4. The summed E-state index contributed by atoms with van der Waals surface area (Å²) in [7, 11) is 0. The average Bonchev–Trinajstić information content (AvgIpc) is 2.38. The SMILES string of the molecule is CCN1C(=O)Nc2cc(CBr)cc3ncnc1c23. The number of carbonyl (C=O) groups is 1. The summed E-state index contributed by atoms with van der Waals surface area (Å²) in [5.41, 5.74) is 2.71. The fourth-order valence-electron chi connectivity index (χ4n) is 2.18. The molecule has 1 aromatic carbocycles. The van der Waals surface area contributed by atoms with Crippen molar-refractivity contribution in [3.63, 3.8) is 0 Å². The summed E-state index contributed by atoms with van der Waals surface area (Å²) in [6, 6.07) is 3.82. The van der Waals surface area contributed by atoms with Gasteiger partial charge in [-0.1, -0.05) is 15.9 Å². The Morgan fingerprint density at radius 3 is 2.94 bits per heavy atom. The third-order valence-corrected chi connectivity index (χ3v) is 3.64. The lowest BCUT2D eigenvalue weighted by Gasteiger charge is -2.27. The second-order valence-electron chi connectivity index (χ2n) is 4.04. The number of halogens is 1. The van der Waals surface area contributed by atoms with Gasteiger partial charge in [0, 0.05) is 11.9 Å². The lowest BCUT2D eigenvalue weighted by molar-refractivity contribution is 0.257. The minimum absolute atomic E-state index is 0.142. The van der Waals surface area contributed by atoms with E-state index >= 15 is 0 Å². The van der Waals surface area contributed by atoms with Crippen LogP contribution in [-0.4, -0.2) is 22.5 Å². The van der Waals surface area contributed by atoms with E-state index in [0.29, 0.717) is 12.4 Å². The average molecular weight is 307 g/mol. The number of aromatic nitrogens is 2. The highest BCUT2D eigenvalue weighted by Crippen LogP contribution is 2.35. The zero-order valence-corrected chi connectivity index (χ0v) is 11.4. The molecule has 1 aliphatic heterocycles. The maximum Gasteiger partial charge on any atom is 0.327 e. The van der Waals surface area contributed by atoms with Crippen LogP contribution in [0.2, 0.25) is 0 Å². The molecule has 6 heteroatoms. The first-order valence-electron chi connectivity index (χ1n) is 5.66. The third kappa shape index (κ3) is 1.56. The van der Waals surface area contributed by atoms with Crippen molar-refractivity contribution in [1.29, 1.82) is 0 Å². The Morgan fingerprint density at radius 1 is 1.39 bits per heavy atom. The standard InChI is InChI=1S/C12H11BrN4O/c1-2-17-11-10-8(14-6-15-11)3-7(5-13)4-9(10)16-12(17)18/h3-4,6H,2,5H2,1H3,(H,16,18). The van der Waals surface area contributed by atoms with Crippen molar-refractivity contribution in [2.24, 2.45) is 0 Å². The molecule has 0 saturated heterocycles. The number of nitrogens with one attached hydrogen (secondary N) is 1. The van der Waals surface area contributed by atoms with Gasteiger partial charge in [-0.25, -0.2) is 14.8 Å². The first-order chi connectivity index (χ1) is 8.74. The first-order valence-corrected chi connectivity index (χ1v) is 6.79. The molecule has 0 unspecified atom stereocenters. The molecule has 0 spiro atoms. The van der Waals surface area contributed by atoms with E-state index in [2.05, 4.69) is 31.2 Å². The Hall–Kier alpha value is -1.69. The number of benzene rings is 1. The lowest BCUT2D eigenvalue weighted by atomic mass is 10.1. The molecular formula is C12H11BrN4O. The van der Waals surface area contributed by atoms with Crippen molar-refractivity contribution in [1.82, 2.24) is 9.97 Å². The molecule has 2 aromatic rings. The number of hydrogen-bond donors (Lipinski definition) is 1. The monoisotopic (exact) mass is 306 g/mol. The van der Waals surface area contributed by atoms with E-state index < -0.39 is 0 Å². The van der Waals surface area contributed by atoms with Crippen molar-refractivity contribution < 1.29 is 4.79 Å². The molecular weight excluding hydrogens is 296 g/mol. The molecule has 0 bridgehead atoms. The van der Waals surface area contributed by atoms with E-state index in [1.54, 1.807) is 4.90 Å². The number of carbonyl (C=O) groups excluding carboxylic acids is 1. The van der Waals surface area contributed by atoms with Crippen molar-refractivity contribution in [3.05, 3.63) is 24.0 Å². The van der Waals surface area contributed by atoms with Crippen LogP contribution in [0.1, 0.15) is 12.5 Å². The Balaban J connectivity index is 2.35. The highest BCUT2D eigenvalue weighted by atomic mass is 79.9. The summed E-state index contributed by atoms with van der Waals surface area (Å²) in [6.07, 6.45) is 1.50. The summed E-state index contributed by atoms with van der Waals surface area (Å²) in [4.78, 5) is 22.1. The minimum Gasteiger partial charge on any atom is -0.307 e. The number of alkyl halides is 1. The van der Waals surface area contributed by atoms with Gasteiger partial charge in [0.1, 0.15) is 12.1 Å². The number of amides is 2. The second-order valence-corrected chi connectivity index (χ2v) is 4.60. The molecule has 0 atom stereocenters. The number of nitrogens with zero attached hydrogens (tertiary/aromatic N) is 3. The van der Waals surface area contributed by atoms with Crippen LogP contribution in [-0.2, 0) is 5.33 Å². The van der Waals surface area contributed by atoms with Crippen LogP contribution >= 0.6 is 15.9 Å². The molecule has 0 aliphatic carbocycles. The molecule has 18 heavy (non-hydrogen) atoms. The summed E-state index contributed by atoms with van der Waals surface area (Å²) in [5, 5.41) is 4.52. The fraction of sp³-hybridized carbons (Fsp3) is 0.250. The van der Waals surface area contributed by atoms with E-state index in [4.69, 9.17) is 0 Å². The minimum atomic E-state index is -0.142. The van der Waals surface area contributed by atoms with Gasteiger partial charge in [0.25, 0.3) is 0 Å². The Morgan fingerprint density at radius 2 is 2.22 bits per heavy atom. The zero-order valence-electron chi connectivity index (χ0n) is 9.77. The van der Waals surface area contributed by atoms with Gasteiger partial charge in [0.15, 0.2) is 0 Å². The Kier molecular flexibility index (Phi) is 2.66. The van der Waals surface area contributed by atoms with Gasteiger partial charge in [0.05, 0.1) is 16.6 Å². The quantitative estimate of drug-likeness (QED) is 0.868. The van der Waals surface area contributed by atoms with E-state index in [-0.39, 0.29) is 6.03 Å². The summed E-state index contributed by atoms with van der Waals surface area (Å²) in [6.45, 7) is 2.50. The number of hydrogen-bond acceptors (Lipinski definition) is 3. The third-order valence-electron chi connectivity index (χ3n) is 2.99. The van der Waals surface area contributed by atoms with Crippen LogP contribution < -0.4 is 10.2 Å². The van der Waals surface area contributed by atoms with E-state index in [1.807, 2.05) is 19.1 Å². The second kappa shape index (κ2) is 4.20. The number of urea groups is 1. The molecule has 92 valence electrons. The highest BCUT2D eigenvalue weighted by molar-refractivity contribution is 9.08. The summed E-state index contributed by atoms with van der Waals surface area (Å²) >= 11 is 3.42. The van der Waals surface area contributed by atoms with Crippen LogP contribution in [0, 0.1) is 0 Å². The van der Waals surface area contributed by atoms with Gasteiger partial charge in [-0.3, -0.25) is 4.90 Å². The summed E-state index contributed by atoms with van der Waals surface area (Å²) in [5.74, 6) is 0.683.